The molecule has 2 fully saturated rings. The number of rotatable bonds is 4. The van der Waals surface area contributed by atoms with Gasteiger partial charge in [-0.05, 0) is 43.4 Å². The Morgan fingerprint density at radius 2 is 2.19 bits per heavy atom. The minimum atomic E-state index is -0.625. The highest BCUT2D eigenvalue weighted by Crippen LogP contribution is 2.40. The number of fused-ring (bicyclic) bond motifs is 2. The summed E-state index contributed by atoms with van der Waals surface area (Å²) in [6.45, 7) is 4.47. The van der Waals surface area contributed by atoms with E-state index in [1.807, 2.05) is 0 Å². The van der Waals surface area contributed by atoms with Crippen LogP contribution in [0.3, 0.4) is 0 Å². The molecule has 0 spiro atoms. The molecule has 2 bridgehead atoms. The van der Waals surface area contributed by atoms with E-state index in [1.54, 1.807) is 0 Å². The van der Waals surface area contributed by atoms with Gasteiger partial charge in [0.2, 0.25) is 0 Å². The lowest BCUT2D eigenvalue weighted by Crippen LogP contribution is -2.46. The van der Waals surface area contributed by atoms with E-state index in [1.165, 1.54) is 19.3 Å². The largest absolute Gasteiger partial charge is 0.481 e. The minimum Gasteiger partial charge on any atom is -0.481 e. The molecule has 0 aromatic rings. The van der Waals surface area contributed by atoms with Crippen LogP contribution in [0.5, 0.6) is 0 Å². The smallest absolute Gasteiger partial charge is 0.303 e. The second-order valence-electron chi connectivity index (χ2n) is 5.93. The van der Waals surface area contributed by atoms with Gasteiger partial charge in [0, 0.05) is 18.5 Å². The Labute approximate surface area is 97.6 Å². The van der Waals surface area contributed by atoms with Crippen LogP contribution in [0.25, 0.3) is 0 Å². The highest BCUT2D eigenvalue weighted by atomic mass is 16.4. The first-order valence-electron chi connectivity index (χ1n) is 6.54. The van der Waals surface area contributed by atoms with Crippen LogP contribution < -0.4 is 5.32 Å². The van der Waals surface area contributed by atoms with Crippen LogP contribution in [0.4, 0.5) is 0 Å². The molecule has 0 radical (unpaired) electrons. The average molecular weight is 225 g/mol. The summed E-state index contributed by atoms with van der Waals surface area (Å²) < 4.78 is 0. The van der Waals surface area contributed by atoms with E-state index < -0.39 is 5.97 Å². The van der Waals surface area contributed by atoms with Gasteiger partial charge in [0.05, 0.1) is 0 Å². The Hall–Kier alpha value is -0.570. The van der Waals surface area contributed by atoms with Crippen molar-refractivity contribution in [2.45, 2.75) is 58.0 Å². The second-order valence-corrected chi connectivity index (χ2v) is 5.93. The topological polar surface area (TPSA) is 49.3 Å². The van der Waals surface area contributed by atoms with Crippen molar-refractivity contribution < 1.29 is 9.90 Å². The summed E-state index contributed by atoms with van der Waals surface area (Å²) in [7, 11) is 0. The molecule has 0 amide bonds. The monoisotopic (exact) mass is 225 g/mol. The number of piperidine rings is 1. The van der Waals surface area contributed by atoms with Crippen LogP contribution in [0.15, 0.2) is 0 Å². The van der Waals surface area contributed by atoms with Gasteiger partial charge in [-0.25, -0.2) is 0 Å². The number of carboxylic acids is 1. The van der Waals surface area contributed by atoms with E-state index in [0.29, 0.717) is 36.3 Å². The number of carbonyl (C=O) groups is 1. The first kappa shape index (κ1) is 11.9. The van der Waals surface area contributed by atoms with Gasteiger partial charge in [0.1, 0.15) is 0 Å². The number of hydrogen-bond acceptors (Lipinski definition) is 2. The number of carboxylic acid groups (broad SMARTS) is 1. The predicted molar refractivity (Wildman–Crippen MR) is 63.3 cm³/mol. The van der Waals surface area contributed by atoms with Crippen molar-refractivity contribution in [2.24, 2.45) is 17.8 Å². The van der Waals surface area contributed by atoms with Crippen molar-refractivity contribution in [3.63, 3.8) is 0 Å². The highest BCUT2D eigenvalue weighted by Gasteiger charge is 2.41. The Morgan fingerprint density at radius 3 is 2.81 bits per heavy atom. The lowest BCUT2D eigenvalue weighted by Gasteiger charge is -2.38. The van der Waals surface area contributed by atoms with Gasteiger partial charge >= 0.3 is 5.97 Å². The van der Waals surface area contributed by atoms with Crippen molar-refractivity contribution in [3.05, 3.63) is 0 Å². The van der Waals surface area contributed by atoms with E-state index in [4.69, 9.17) is 5.11 Å². The molecule has 2 N–H and O–H groups in total. The van der Waals surface area contributed by atoms with Crippen molar-refractivity contribution >= 4 is 5.97 Å². The maximum atomic E-state index is 10.9. The summed E-state index contributed by atoms with van der Waals surface area (Å²) >= 11 is 0. The molecule has 16 heavy (non-hydrogen) atoms. The molecule has 0 aliphatic carbocycles. The van der Waals surface area contributed by atoms with Gasteiger partial charge in [-0.1, -0.05) is 13.8 Å². The number of aliphatic carboxylic acids is 1. The second kappa shape index (κ2) is 4.74. The summed E-state index contributed by atoms with van der Waals surface area (Å²) in [5, 5.41) is 12.6. The van der Waals surface area contributed by atoms with E-state index in [2.05, 4.69) is 19.2 Å². The fraction of sp³-hybridized carbons (Fsp3) is 0.923. The van der Waals surface area contributed by atoms with Crippen LogP contribution in [-0.2, 0) is 4.79 Å². The number of nitrogens with one attached hydrogen (secondary N) is 1. The van der Waals surface area contributed by atoms with Crippen LogP contribution in [0.2, 0.25) is 0 Å². The molecule has 2 rings (SSSR count). The van der Waals surface area contributed by atoms with Gasteiger partial charge in [0.15, 0.2) is 0 Å². The quantitative estimate of drug-likeness (QED) is 0.771. The third-order valence-electron chi connectivity index (χ3n) is 4.17. The fourth-order valence-corrected chi connectivity index (χ4v) is 3.60. The zero-order chi connectivity index (χ0) is 11.7. The zero-order valence-corrected chi connectivity index (χ0v) is 10.3. The molecule has 2 heterocycles. The first-order chi connectivity index (χ1) is 7.56. The van der Waals surface area contributed by atoms with Crippen molar-refractivity contribution in [1.82, 2.24) is 5.32 Å². The molecule has 4 atom stereocenters. The normalized spacial score (nSPS) is 37.9. The molecule has 92 valence electrons. The van der Waals surface area contributed by atoms with Crippen molar-refractivity contribution in [2.75, 3.05) is 0 Å². The van der Waals surface area contributed by atoms with Crippen molar-refractivity contribution in [1.29, 1.82) is 0 Å². The van der Waals surface area contributed by atoms with Gasteiger partial charge < -0.3 is 10.4 Å². The molecule has 0 saturated carbocycles. The predicted octanol–water partition coefficient (Wildman–Crippen LogP) is 2.26. The third-order valence-corrected chi connectivity index (χ3v) is 4.17. The zero-order valence-electron chi connectivity index (χ0n) is 10.3. The minimum absolute atomic E-state index is 0.367. The number of hydrogen-bond donors (Lipinski definition) is 2. The Morgan fingerprint density at radius 1 is 1.44 bits per heavy atom. The molecular formula is C13H23NO2. The molecule has 4 unspecified atom stereocenters. The molecule has 3 heteroatoms. The Balaban J connectivity index is 2.04. The van der Waals surface area contributed by atoms with Crippen LogP contribution in [0, 0.1) is 17.8 Å². The SMILES string of the molecule is CC(C)CC1C(CC(=O)O)CC2CCC1N2. The molecule has 2 aliphatic rings. The molecule has 2 saturated heterocycles. The van der Waals surface area contributed by atoms with Crippen LogP contribution >= 0.6 is 0 Å². The standard InChI is InChI=1S/C13H23NO2/c1-8(2)5-11-9(7-13(15)16)6-10-3-4-12(11)14-10/h8-12,14H,3-7H2,1-2H3,(H,15,16). The van der Waals surface area contributed by atoms with Crippen molar-refractivity contribution in [3.8, 4) is 0 Å². The van der Waals surface area contributed by atoms with E-state index in [-0.39, 0.29) is 0 Å². The van der Waals surface area contributed by atoms with E-state index >= 15 is 0 Å². The van der Waals surface area contributed by atoms with Crippen LogP contribution in [-0.4, -0.2) is 23.2 Å². The molecular weight excluding hydrogens is 202 g/mol. The molecule has 2 aliphatic heterocycles. The summed E-state index contributed by atoms with van der Waals surface area (Å²) in [5.41, 5.74) is 0. The van der Waals surface area contributed by atoms with E-state index in [9.17, 15) is 4.79 Å². The molecule has 0 aromatic carbocycles. The summed E-state index contributed by atoms with van der Waals surface area (Å²) in [6.07, 6.45) is 5.10. The van der Waals surface area contributed by atoms with Crippen LogP contribution in [0.1, 0.15) is 46.0 Å². The first-order valence-corrected chi connectivity index (χ1v) is 6.54. The summed E-state index contributed by atoms with van der Waals surface area (Å²) in [6, 6.07) is 1.18. The Kier molecular flexibility index (Phi) is 3.53. The average Bonchev–Trinajstić information content (AvgIpc) is 2.55. The lowest BCUT2D eigenvalue weighted by atomic mass is 9.75. The Bertz CT molecular complexity index is 265. The maximum absolute atomic E-state index is 10.9. The maximum Gasteiger partial charge on any atom is 0.303 e. The summed E-state index contributed by atoms with van der Waals surface area (Å²) in [4.78, 5) is 10.9. The van der Waals surface area contributed by atoms with Gasteiger partial charge in [-0.2, -0.15) is 0 Å². The van der Waals surface area contributed by atoms with Gasteiger partial charge in [-0.3, -0.25) is 4.79 Å². The third kappa shape index (κ3) is 2.57. The van der Waals surface area contributed by atoms with Gasteiger partial charge in [-0.15, -0.1) is 0 Å². The fourth-order valence-electron chi connectivity index (χ4n) is 3.60. The van der Waals surface area contributed by atoms with E-state index in [0.717, 1.165) is 6.42 Å². The molecule has 3 nitrogen and oxygen atoms in total. The summed E-state index contributed by atoms with van der Waals surface area (Å²) in [5.74, 6) is 1.02. The van der Waals surface area contributed by atoms with Gasteiger partial charge in [0.25, 0.3) is 0 Å². The molecule has 0 aromatic heterocycles. The lowest BCUT2D eigenvalue weighted by molar-refractivity contribution is -0.139. The highest BCUT2D eigenvalue weighted by molar-refractivity contribution is 5.67.